The summed E-state index contributed by atoms with van der Waals surface area (Å²) in [6.45, 7) is 0. The van der Waals surface area contributed by atoms with Gasteiger partial charge in [0, 0.05) is 23.0 Å². The van der Waals surface area contributed by atoms with Gasteiger partial charge in [0.25, 0.3) is 0 Å². The van der Waals surface area contributed by atoms with Crippen molar-refractivity contribution in [2.24, 2.45) is 0 Å². The number of nitrogens with zero attached hydrogens (tertiary/aromatic N) is 2. The molecule has 2 aromatic carbocycles. The number of nitrogens with one attached hydrogen (secondary N) is 1. The first-order valence-corrected chi connectivity index (χ1v) is 11.7. The average molecular weight is 519 g/mol. The topological polar surface area (TPSA) is 73.2 Å². The van der Waals surface area contributed by atoms with Gasteiger partial charge in [-0.15, -0.1) is 5.10 Å². The monoisotopic (exact) mass is 519 g/mol. The van der Waals surface area contributed by atoms with E-state index in [1.54, 1.807) is 4.68 Å². The molecule has 1 heterocycles. The van der Waals surface area contributed by atoms with Crippen LogP contribution in [-0.2, 0) is 21.1 Å². The number of aromatic nitrogens is 2. The lowest BCUT2D eigenvalue weighted by Gasteiger charge is -2.25. The van der Waals surface area contributed by atoms with E-state index in [1.165, 1.54) is 24.4 Å². The SMILES string of the molecule is COC(=O)c1cc(NC(=O)C2(c3ccc(C(F)(F)F)cc3F)CC2)ccc1-c1cn(C2CCC2)nc1F. The fraction of sp³-hybridized carbons (Fsp3) is 0.346. The standard InChI is InChI=1S/C26H22F5N3O3/c1-37-23(35)18-12-15(6-7-17(18)19-13-34(33-22(19)28)16-3-2-4-16)32-24(36)25(9-10-25)20-8-5-14(11-21(20)27)26(29,30)31/h5-8,11-13,16H,2-4,9-10H2,1H3,(H,32,36). The molecular weight excluding hydrogens is 497 g/mol. The number of alkyl halides is 3. The largest absolute Gasteiger partial charge is 0.465 e. The van der Waals surface area contributed by atoms with Crippen molar-refractivity contribution in [1.29, 1.82) is 0 Å². The highest BCUT2D eigenvalue weighted by Crippen LogP contribution is 2.50. The molecule has 2 aliphatic carbocycles. The molecule has 6 nitrogen and oxygen atoms in total. The minimum absolute atomic E-state index is 0.0158. The zero-order valence-electron chi connectivity index (χ0n) is 19.7. The van der Waals surface area contributed by atoms with Crippen LogP contribution in [0.2, 0.25) is 0 Å². The normalized spacial score (nSPS) is 16.7. The Morgan fingerprint density at radius 3 is 2.38 bits per heavy atom. The predicted molar refractivity (Wildman–Crippen MR) is 123 cm³/mol. The van der Waals surface area contributed by atoms with Crippen molar-refractivity contribution in [2.45, 2.75) is 49.7 Å². The Morgan fingerprint density at radius 2 is 1.81 bits per heavy atom. The third-order valence-corrected chi connectivity index (χ3v) is 7.11. The number of esters is 1. The summed E-state index contributed by atoms with van der Waals surface area (Å²) < 4.78 is 74.5. The number of hydrogen-bond donors (Lipinski definition) is 1. The van der Waals surface area contributed by atoms with Gasteiger partial charge in [0.2, 0.25) is 11.9 Å². The Kier molecular flexibility index (Phi) is 6.04. The van der Waals surface area contributed by atoms with E-state index in [4.69, 9.17) is 4.74 Å². The lowest BCUT2D eigenvalue weighted by atomic mass is 9.92. The Hall–Kier alpha value is -3.76. The van der Waals surface area contributed by atoms with Crippen molar-refractivity contribution in [1.82, 2.24) is 9.78 Å². The summed E-state index contributed by atoms with van der Waals surface area (Å²) in [5.74, 6) is -3.26. The van der Waals surface area contributed by atoms with Crippen LogP contribution < -0.4 is 5.32 Å². The number of amides is 1. The molecule has 3 aromatic rings. The molecule has 2 saturated carbocycles. The van der Waals surface area contributed by atoms with Crippen molar-refractivity contribution < 1.29 is 36.3 Å². The minimum Gasteiger partial charge on any atom is -0.465 e. The van der Waals surface area contributed by atoms with Gasteiger partial charge in [0.1, 0.15) is 5.82 Å². The Labute approximate surface area is 208 Å². The van der Waals surface area contributed by atoms with Crippen LogP contribution in [0, 0.1) is 11.8 Å². The molecule has 0 unspecified atom stereocenters. The van der Waals surface area contributed by atoms with Crippen LogP contribution >= 0.6 is 0 Å². The van der Waals surface area contributed by atoms with E-state index in [0.717, 1.165) is 38.5 Å². The van der Waals surface area contributed by atoms with Gasteiger partial charge in [-0.2, -0.15) is 17.6 Å². The predicted octanol–water partition coefficient (Wildman–Crippen LogP) is 6.03. The summed E-state index contributed by atoms with van der Waals surface area (Å²) in [5, 5.41) is 6.55. The van der Waals surface area contributed by atoms with Gasteiger partial charge in [-0.1, -0.05) is 12.1 Å². The number of halogens is 5. The summed E-state index contributed by atoms with van der Waals surface area (Å²) >= 11 is 0. The minimum atomic E-state index is -4.71. The van der Waals surface area contributed by atoms with Gasteiger partial charge in [-0.25, -0.2) is 9.18 Å². The molecule has 11 heteroatoms. The molecule has 194 valence electrons. The Bertz CT molecular complexity index is 1390. The number of carbonyl (C=O) groups excluding carboxylic acids is 2. The zero-order valence-corrected chi connectivity index (χ0v) is 19.7. The van der Waals surface area contributed by atoms with E-state index in [-0.39, 0.29) is 46.8 Å². The van der Waals surface area contributed by atoms with Gasteiger partial charge in [0.15, 0.2) is 0 Å². The van der Waals surface area contributed by atoms with Gasteiger partial charge in [0.05, 0.1) is 35.3 Å². The van der Waals surface area contributed by atoms with Crippen molar-refractivity contribution in [3.05, 3.63) is 71.1 Å². The highest BCUT2D eigenvalue weighted by Gasteiger charge is 2.53. The van der Waals surface area contributed by atoms with Crippen LogP contribution in [0.5, 0.6) is 0 Å². The third kappa shape index (κ3) is 4.47. The molecule has 0 aliphatic heterocycles. The van der Waals surface area contributed by atoms with Crippen molar-refractivity contribution >= 4 is 17.6 Å². The highest BCUT2D eigenvalue weighted by molar-refractivity contribution is 6.04. The first-order valence-electron chi connectivity index (χ1n) is 11.7. The fourth-order valence-corrected chi connectivity index (χ4v) is 4.60. The second kappa shape index (κ2) is 8.97. The molecule has 0 bridgehead atoms. The van der Waals surface area contributed by atoms with E-state index >= 15 is 0 Å². The third-order valence-electron chi connectivity index (χ3n) is 7.11. The number of rotatable bonds is 6. The van der Waals surface area contributed by atoms with Crippen molar-refractivity contribution in [3.63, 3.8) is 0 Å². The molecule has 0 saturated heterocycles. The maximum atomic E-state index is 14.7. The van der Waals surface area contributed by atoms with Crippen molar-refractivity contribution in [2.75, 3.05) is 12.4 Å². The quantitative estimate of drug-likeness (QED) is 0.319. The summed E-state index contributed by atoms with van der Waals surface area (Å²) in [5.41, 5.74) is -2.12. The molecular formula is C26H22F5N3O3. The lowest BCUT2D eigenvalue weighted by Crippen LogP contribution is -2.29. The van der Waals surface area contributed by atoms with Gasteiger partial charge >= 0.3 is 12.1 Å². The van der Waals surface area contributed by atoms with Crippen molar-refractivity contribution in [3.8, 4) is 11.1 Å². The number of carbonyl (C=O) groups is 2. The molecule has 0 atom stereocenters. The molecule has 1 N–H and O–H groups in total. The second-order valence-electron chi connectivity index (χ2n) is 9.38. The number of anilines is 1. The molecule has 0 spiro atoms. The maximum Gasteiger partial charge on any atom is 0.416 e. The molecule has 2 fully saturated rings. The van der Waals surface area contributed by atoms with Crippen LogP contribution in [0.15, 0.2) is 42.6 Å². The Morgan fingerprint density at radius 1 is 1.08 bits per heavy atom. The molecule has 37 heavy (non-hydrogen) atoms. The smallest absolute Gasteiger partial charge is 0.416 e. The lowest BCUT2D eigenvalue weighted by molar-refractivity contribution is -0.137. The summed E-state index contributed by atoms with van der Waals surface area (Å²) in [6, 6.07) is 6.43. The average Bonchev–Trinajstić information content (AvgIpc) is 3.54. The van der Waals surface area contributed by atoms with Crippen LogP contribution in [0.4, 0.5) is 27.6 Å². The highest BCUT2D eigenvalue weighted by atomic mass is 19.4. The molecule has 1 aromatic heterocycles. The van der Waals surface area contributed by atoms with Gasteiger partial charge < -0.3 is 10.1 Å². The van der Waals surface area contributed by atoms with Crippen LogP contribution in [0.3, 0.4) is 0 Å². The Balaban J connectivity index is 1.43. The number of methoxy groups -OCH3 is 1. The first kappa shape index (κ1) is 24.9. The summed E-state index contributed by atoms with van der Waals surface area (Å²) in [7, 11) is 1.16. The zero-order chi connectivity index (χ0) is 26.5. The van der Waals surface area contributed by atoms with Crippen LogP contribution in [0.1, 0.15) is 59.6 Å². The van der Waals surface area contributed by atoms with Gasteiger partial charge in [-0.3, -0.25) is 9.48 Å². The number of hydrogen-bond acceptors (Lipinski definition) is 4. The molecule has 1 amide bonds. The van der Waals surface area contributed by atoms with E-state index < -0.39 is 40.8 Å². The fourth-order valence-electron chi connectivity index (χ4n) is 4.60. The van der Waals surface area contributed by atoms with E-state index in [1.807, 2.05) is 0 Å². The van der Waals surface area contributed by atoms with Crippen LogP contribution in [0.25, 0.3) is 11.1 Å². The summed E-state index contributed by atoms with van der Waals surface area (Å²) in [4.78, 5) is 25.6. The molecule has 2 aliphatic rings. The second-order valence-corrected chi connectivity index (χ2v) is 9.38. The van der Waals surface area contributed by atoms with E-state index in [9.17, 15) is 31.5 Å². The van der Waals surface area contributed by atoms with Gasteiger partial charge in [-0.05, 0) is 56.4 Å². The molecule has 0 radical (unpaired) electrons. The maximum absolute atomic E-state index is 14.7. The van der Waals surface area contributed by atoms with Crippen LogP contribution in [-0.4, -0.2) is 28.8 Å². The van der Waals surface area contributed by atoms with E-state index in [2.05, 4.69) is 10.4 Å². The molecule has 5 rings (SSSR count). The summed E-state index contributed by atoms with van der Waals surface area (Å²) in [6.07, 6.45) is 0.113. The number of ether oxygens (including phenoxy) is 1. The number of benzene rings is 2. The van der Waals surface area contributed by atoms with E-state index in [0.29, 0.717) is 6.07 Å². The first-order chi connectivity index (χ1) is 17.5.